The second kappa shape index (κ2) is 9.33. The normalized spacial score (nSPS) is 22.8. The first-order valence-electron chi connectivity index (χ1n) is 13.0. The molecule has 0 radical (unpaired) electrons. The van der Waals surface area contributed by atoms with Crippen LogP contribution in [-0.2, 0) is 34.0 Å². The van der Waals surface area contributed by atoms with Gasteiger partial charge in [-0.3, -0.25) is 24.6 Å². The lowest BCUT2D eigenvalue weighted by atomic mass is 10.0. The SMILES string of the molecule is [2H]c1c([2H])c(CN2CCOCC2)c([2H])c([2H])c1COc1cccc2c1CN([C@H]1CCC(=O)NC1=O)C2=O. The number of hydrogen-bond acceptors (Lipinski definition) is 6. The maximum absolute atomic E-state index is 13.0. The number of nitrogens with one attached hydrogen (secondary N) is 1. The average Bonchev–Trinajstić information content (AvgIpc) is 3.23. The van der Waals surface area contributed by atoms with Crippen molar-refractivity contribution in [3.05, 3.63) is 64.6 Å². The van der Waals surface area contributed by atoms with Crippen molar-refractivity contribution in [2.45, 2.75) is 38.6 Å². The predicted octanol–water partition coefficient (Wildman–Crippen LogP) is 1.86. The Hall–Kier alpha value is -3.23. The number of imide groups is 1. The molecule has 0 unspecified atom stereocenters. The maximum atomic E-state index is 13.0. The van der Waals surface area contributed by atoms with Crippen molar-refractivity contribution in [1.29, 1.82) is 0 Å². The zero-order chi connectivity index (χ0) is 26.3. The Bertz CT molecular complexity index is 1250. The molecule has 3 aliphatic heterocycles. The highest BCUT2D eigenvalue weighted by atomic mass is 16.5. The lowest BCUT2D eigenvalue weighted by Gasteiger charge is -2.29. The molecule has 2 saturated heterocycles. The van der Waals surface area contributed by atoms with E-state index in [1.165, 1.54) is 4.90 Å². The van der Waals surface area contributed by atoms with Gasteiger partial charge in [-0.15, -0.1) is 0 Å². The van der Waals surface area contributed by atoms with Gasteiger partial charge < -0.3 is 14.4 Å². The highest BCUT2D eigenvalue weighted by Gasteiger charge is 2.40. The van der Waals surface area contributed by atoms with E-state index >= 15 is 0 Å². The van der Waals surface area contributed by atoms with E-state index in [1.807, 2.05) is 4.90 Å². The van der Waals surface area contributed by atoms with E-state index in [9.17, 15) is 14.4 Å². The third-order valence-corrected chi connectivity index (χ3v) is 6.13. The van der Waals surface area contributed by atoms with Crippen LogP contribution in [0.4, 0.5) is 0 Å². The van der Waals surface area contributed by atoms with Gasteiger partial charge in [-0.1, -0.05) is 30.2 Å². The van der Waals surface area contributed by atoms with Crippen molar-refractivity contribution in [3.8, 4) is 5.75 Å². The number of morpholine rings is 1. The van der Waals surface area contributed by atoms with E-state index < -0.39 is 11.9 Å². The number of carbonyl (C=O) groups is 3. The molecule has 2 fully saturated rings. The molecule has 1 atom stereocenters. The molecule has 3 aliphatic rings. The number of hydrogen-bond donors (Lipinski definition) is 1. The lowest BCUT2D eigenvalue weighted by molar-refractivity contribution is -0.136. The molecule has 3 amide bonds. The summed E-state index contributed by atoms with van der Waals surface area (Å²) in [6, 6.07) is 3.72. The Kier molecular flexibility index (Phi) is 4.88. The molecule has 33 heavy (non-hydrogen) atoms. The second-order valence-corrected chi connectivity index (χ2v) is 8.32. The van der Waals surface area contributed by atoms with Crippen LogP contribution in [0.1, 0.15) is 45.4 Å². The quantitative estimate of drug-likeness (QED) is 0.672. The molecular formula is C25H27N3O5. The van der Waals surface area contributed by atoms with Crippen LogP contribution in [0.3, 0.4) is 0 Å². The van der Waals surface area contributed by atoms with E-state index in [2.05, 4.69) is 5.32 Å². The Morgan fingerprint density at radius 1 is 1.09 bits per heavy atom. The van der Waals surface area contributed by atoms with Crippen LogP contribution in [0, 0.1) is 0 Å². The molecule has 0 spiro atoms. The van der Waals surface area contributed by atoms with Crippen LogP contribution in [0.2, 0.25) is 0 Å². The summed E-state index contributed by atoms with van der Waals surface area (Å²) in [6.45, 7) is 2.69. The van der Waals surface area contributed by atoms with Gasteiger partial charge in [-0.2, -0.15) is 0 Å². The number of carbonyl (C=O) groups excluding carboxylic acids is 3. The number of rotatable bonds is 6. The molecule has 0 saturated carbocycles. The van der Waals surface area contributed by atoms with E-state index in [1.54, 1.807) is 18.2 Å². The van der Waals surface area contributed by atoms with Crippen LogP contribution in [0.5, 0.6) is 5.75 Å². The second-order valence-electron chi connectivity index (χ2n) is 8.32. The topological polar surface area (TPSA) is 88.2 Å². The molecule has 172 valence electrons. The molecule has 1 N–H and O–H groups in total. The van der Waals surface area contributed by atoms with E-state index in [-0.39, 0.29) is 67.5 Å². The molecule has 2 aromatic rings. The monoisotopic (exact) mass is 453 g/mol. The summed E-state index contributed by atoms with van der Waals surface area (Å²) in [5.41, 5.74) is 1.44. The summed E-state index contributed by atoms with van der Waals surface area (Å²) in [6.07, 6.45) is 0.408. The first-order valence-corrected chi connectivity index (χ1v) is 11.0. The zero-order valence-electron chi connectivity index (χ0n) is 22.1. The van der Waals surface area contributed by atoms with Gasteiger partial charge in [-0.05, 0) is 29.7 Å². The van der Waals surface area contributed by atoms with Crippen molar-refractivity contribution < 1.29 is 29.3 Å². The first kappa shape index (κ1) is 17.3. The Morgan fingerprint density at radius 3 is 2.61 bits per heavy atom. The van der Waals surface area contributed by atoms with Crippen LogP contribution in [0.25, 0.3) is 0 Å². The minimum atomic E-state index is -0.749. The lowest BCUT2D eigenvalue weighted by Crippen LogP contribution is -2.52. The molecule has 0 bridgehead atoms. The summed E-state index contributed by atoms with van der Waals surface area (Å²) >= 11 is 0. The summed E-state index contributed by atoms with van der Waals surface area (Å²) in [5.74, 6) is -0.812. The number of ether oxygens (including phenoxy) is 2. The highest BCUT2D eigenvalue weighted by molar-refractivity contribution is 6.05. The number of amides is 3. The van der Waals surface area contributed by atoms with Gasteiger partial charge in [0.1, 0.15) is 18.4 Å². The van der Waals surface area contributed by atoms with Gasteiger partial charge in [-0.25, -0.2) is 0 Å². The fourth-order valence-corrected chi connectivity index (χ4v) is 4.34. The van der Waals surface area contributed by atoms with Crippen LogP contribution in [-0.4, -0.2) is 59.9 Å². The Labute approximate surface area is 198 Å². The van der Waals surface area contributed by atoms with Crippen LogP contribution < -0.4 is 10.1 Å². The predicted molar refractivity (Wildman–Crippen MR) is 119 cm³/mol. The minimum Gasteiger partial charge on any atom is -0.489 e. The molecule has 8 heteroatoms. The third-order valence-electron chi connectivity index (χ3n) is 6.13. The van der Waals surface area contributed by atoms with Gasteiger partial charge >= 0.3 is 0 Å². The molecule has 3 heterocycles. The molecule has 0 aromatic heterocycles. The highest BCUT2D eigenvalue weighted by Crippen LogP contribution is 2.34. The number of piperidine rings is 1. The van der Waals surface area contributed by atoms with Crippen molar-refractivity contribution >= 4 is 17.7 Å². The van der Waals surface area contributed by atoms with Crippen molar-refractivity contribution in [1.82, 2.24) is 15.1 Å². The van der Waals surface area contributed by atoms with Crippen molar-refractivity contribution in [3.63, 3.8) is 0 Å². The molecule has 8 nitrogen and oxygen atoms in total. The molecular weight excluding hydrogens is 422 g/mol. The Morgan fingerprint density at radius 2 is 1.85 bits per heavy atom. The largest absolute Gasteiger partial charge is 0.489 e. The summed E-state index contributed by atoms with van der Waals surface area (Å²) in [5, 5.41) is 2.28. The fourth-order valence-electron chi connectivity index (χ4n) is 4.34. The van der Waals surface area contributed by atoms with Crippen molar-refractivity contribution in [2.24, 2.45) is 0 Å². The smallest absolute Gasteiger partial charge is 0.255 e. The number of fused-ring (bicyclic) bond motifs is 1. The Balaban J connectivity index is 1.35. The zero-order valence-corrected chi connectivity index (χ0v) is 18.1. The standard InChI is InChI=1S/C25H27N3O5/c29-23-9-8-21(24(30)26-23)28-15-20-19(25(28)31)2-1-3-22(20)33-16-18-6-4-17(5-7-18)14-27-10-12-32-13-11-27/h1-7,21H,8-16H2,(H,26,29,30)/t21-/m0/s1/i4D,5D,6D,7D. The van der Waals surface area contributed by atoms with E-state index in [0.717, 1.165) is 0 Å². The third kappa shape index (κ3) is 4.62. The molecule has 2 aromatic carbocycles. The van der Waals surface area contributed by atoms with E-state index in [4.69, 9.17) is 15.0 Å². The average molecular weight is 454 g/mol. The van der Waals surface area contributed by atoms with Crippen LogP contribution in [0.15, 0.2) is 42.4 Å². The van der Waals surface area contributed by atoms with Crippen LogP contribution >= 0.6 is 0 Å². The maximum Gasteiger partial charge on any atom is 0.255 e. The number of nitrogens with zero attached hydrogens (tertiary/aromatic N) is 2. The van der Waals surface area contributed by atoms with Gasteiger partial charge in [0.2, 0.25) is 11.8 Å². The summed E-state index contributed by atoms with van der Waals surface area (Å²) < 4.78 is 45.3. The molecule has 0 aliphatic carbocycles. The van der Waals surface area contributed by atoms with Gasteiger partial charge in [0, 0.05) is 37.2 Å². The number of benzene rings is 2. The summed E-state index contributed by atoms with van der Waals surface area (Å²) in [4.78, 5) is 40.3. The fraction of sp³-hybridized carbons (Fsp3) is 0.400. The molecule has 5 rings (SSSR count). The van der Waals surface area contributed by atoms with Gasteiger partial charge in [0.25, 0.3) is 5.91 Å². The van der Waals surface area contributed by atoms with Gasteiger partial charge in [0.15, 0.2) is 0 Å². The van der Waals surface area contributed by atoms with Crippen molar-refractivity contribution in [2.75, 3.05) is 26.3 Å². The summed E-state index contributed by atoms with van der Waals surface area (Å²) in [7, 11) is 0. The van der Waals surface area contributed by atoms with Gasteiger partial charge in [0.05, 0.1) is 25.2 Å². The van der Waals surface area contributed by atoms with E-state index in [0.29, 0.717) is 55.3 Å². The first-order chi connectivity index (χ1) is 17.8. The minimum absolute atomic E-state index is 0.0939.